The van der Waals surface area contributed by atoms with E-state index in [2.05, 4.69) is 9.68 Å². The highest BCUT2D eigenvalue weighted by Crippen LogP contribution is 2.36. The molecule has 2 aromatic heterocycles. The fourth-order valence-electron chi connectivity index (χ4n) is 1.75. The maximum Gasteiger partial charge on any atom is 0.230 e. The molecule has 0 atom stereocenters. The molecule has 2 heterocycles. The van der Waals surface area contributed by atoms with E-state index in [0.717, 1.165) is 6.07 Å². The second kappa shape index (κ2) is 3.31. The van der Waals surface area contributed by atoms with Gasteiger partial charge < -0.3 is 14.7 Å². The summed E-state index contributed by atoms with van der Waals surface area (Å²) in [7, 11) is 0. The van der Waals surface area contributed by atoms with Crippen molar-refractivity contribution in [2.45, 2.75) is 0 Å². The predicted molar refractivity (Wildman–Crippen MR) is 56.0 cm³/mol. The number of nitrogen functional groups attached to an aromatic ring is 1. The summed E-state index contributed by atoms with van der Waals surface area (Å²) in [6.45, 7) is 0. The molecule has 0 aliphatic carbocycles. The van der Waals surface area contributed by atoms with Crippen LogP contribution < -0.4 is 5.73 Å². The molecule has 0 unspecified atom stereocenters. The van der Waals surface area contributed by atoms with Crippen LogP contribution in [0, 0.1) is 11.6 Å². The van der Waals surface area contributed by atoms with E-state index in [1.165, 1.54) is 18.5 Å². The van der Waals surface area contributed by atoms with Crippen molar-refractivity contribution in [2.75, 3.05) is 5.73 Å². The minimum atomic E-state index is -0.778. The van der Waals surface area contributed by atoms with E-state index < -0.39 is 11.6 Å². The van der Waals surface area contributed by atoms with Crippen LogP contribution in [0.4, 0.5) is 14.7 Å². The fraction of sp³-hybridized carbons (Fsp3) is 0. The molecule has 4 nitrogen and oxygen atoms in total. The Bertz CT molecular complexity index is 703. The summed E-state index contributed by atoms with van der Waals surface area (Å²) in [5.74, 6) is -1.52. The third-order valence-corrected chi connectivity index (χ3v) is 2.51. The molecule has 0 fully saturated rings. The number of aromatic nitrogens is 1. The van der Waals surface area contributed by atoms with Crippen LogP contribution in [-0.4, -0.2) is 5.16 Å². The molecule has 3 aromatic rings. The largest absolute Gasteiger partial charge is 0.463 e. The molecule has 0 aliphatic rings. The molecule has 6 heteroatoms. The second-order valence-corrected chi connectivity index (χ2v) is 3.48. The van der Waals surface area contributed by atoms with Gasteiger partial charge in [0.05, 0.1) is 29.0 Å². The number of fused-ring (bicyclic) bond motifs is 1. The lowest BCUT2D eigenvalue weighted by atomic mass is 10.1. The molecule has 0 saturated carbocycles. The van der Waals surface area contributed by atoms with E-state index in [-0.39, 0.29) is 28.0 Å². The van der Waals surface area contributed by atoms with Gasteiger partial charge >= 0.3 is 0 Å². The summed E-state index contributed by atoms with van der Waals surface area (Å²) < 4.78 is 36.9. The van der Waals surface area contributed by atoms with Crippen molar-refractivity contribution >= 4 is 16.9 Å². The van der Waals surface area contributed by atoms with E-state index in [0.29, 0.717) is 0 Å². The molecule has 0 spiro atoms. The molecule has 2 N–H and O–H groups in total. The van der Waals surface area contributed by atoms with E-state index in [4.69, 9.17) is 10.2 Å². The number of halogens is 2. The van der Waals surface area contributed by atoms with Crippen LogP contribution in [0.3, 0.4) is 0 Å². The van der Waals surface area contributed by atoms with Crippen LogP contribution in [-0.2, 0) is 0 Å². The number of rotatable bonds is 1. The highest BCUT2D eigenvalue weighted by Gasteiger charge is 2.20. The van der Waals surface area contributed by atoms with Gasteiger partial charge in [-0.1, -0.05) is 5.16 Å². The van der Waals surface area contributed by atoms with Crippen molar-refractivity contribution < 1.29 is 17.7 Å². The highest BCUT2D eigenvalue weighted by atomic mass is 19.1. The quantitative estimate of drug-likeness (QED) is 0.705. The fourth-order valence-corrected chi connectivity index (χ4v) is 1.75. The van der Waals surface area contributed by atoms with Gasteiger partial charge in [0.2, 0.25) is 5.88 Å². The normalized spacial score (nSPS) is 11.2. The van der Waals surface area contributed by atoms with Gasteiger partial charge in [-0.2, -0.15) is 0 Å². The molecule has 86 valence electrons. The van der Waals surface area contributed by atoms with E-state index in [1.54, 1.807) is 0 Å². The minimum absolute atomic E-state index is 0.0464. The number of nitrogens with two attached hydrogens (primary N) is 1. The monoisotopic (exact) mass is 236 g/mol. The zero-order valence-electron chi connectivity index (χ0n) is 8.41. The van der Waals surface area contributed by atoms with Crippen LogP contribution >= 0.6 is 0 Å². The number of hydrogen-bond donors (Lipinski definition) is 1. The maximum atomic E-state index is 13.8. The average Bonchev–Trinajstić information content (AvgIpc) is 2.88. The van der Waals surface area contributed by atoms with Gasteiger partial charge in [-0.15, -0.1) is 0 Å². The molecular weight excluding hydrogens is 230 g/mol. The molecule has 0 amide bonds. The van der Waals surface area contributed by atoms with Gasteiger partial charge in [0, 0.05) is 6.07 Å². The molecular formula is C11H6F2N2O2. The first-order valence-electron chi connectivity index (χ1n) is 4.74. The molecule has 0 bridgehead atoms. The molecule has 3 rings (SSSR count). The van der Waals surface area contributed by atoms with Crippen molar-refractivity contribution in [1.29, 1.82) is 0 Å². The smallest absolute Gasteiger partial charge is 0.230 e. The van der Waals surface area contributed by atoms with Gasteiger partial charge in [0.25, 0.3) is 0 Å². The summed E-state index contributed by atoms with van der Waals surface area (Å²) >= 11 is 0. The Morgan fingerprint density at radius 2 is 2.06 bits per heavy atom. The Morgan fingerprint density at radius 3 is 2.76 bits per heavy atom. The third-order valence-electron chi connectivity index (χ3n) is 2.51. The van der Waals surface area contributed by atoms with Crippen LogP contribution in [0.2, 0.25) is 0 Å². The average molecular weight is 236 g/mol. The maximum absolute atomic E-state index is 13.8. The summed E-state index contributed by atoms with van der Waals surface area (Å²) in [5, 5.41) is 3.63. The molecule has 0 saturated heterocycles. The zero-order chi connectivity index (χ0) is 12.0. The lowest BCUT2D eigenvalue weighted by molar-refractivity contribution is 0.436. The van der Waals surface area contributed by atoms with Gasteiger partial charge in [-0.05, 0) is 6.07 Å². The van der Waals surface area contributed by atoms with Crippen molar-refractivity contribution in [1.82, 2.24) is 5.16 Å². The number of benzene rings is 1. The lowest BCUT2D eigenvalue weighted by Gasteiger charge is -2.02. The molecule has 17 heavy (non-hydrogen) atoms. The number of anilines is 1. The minimum Gasteiger partial charge on any atom is -0.463 e. The SMILES string of the molecule is Nc1oncc1-c1c(F)cc(F)c2ccoc12. The number of hydrogen-bond acceptors (Lipinski definition) is 4. The Morgan fingerprint density at radius 1 is 1.24 bits per heavy atom. The number of nitrogens with zero attached hydrogens (tertiary/aromatic N) is 1. The van der Waals surface area contributed by atoms with Gasteiger partial charge in [-0.3, -0.25) is 0 Å². The number of furan rings is 1. The van der Waals surface area contributed by atoms with E-state index >= 15 is 0 Å². The summed E-state index contributed by atoms with van der Waals surface area (Å²) in [6.07, 6.45) is 2.54. The second-order valence-electron chi connectivity index (χ2n) is 3.48. The van der Waals surface area contributed by atoms with Gasteiger partial charge in [0.1, 0.15) is 17.2 Å². The first-order chi connectivity index (χ1) is 8.18. The van der Waals surface area contributed by atoms with Crippen molar-refractivity contribution in [2.24, 2.45) is 0 Å². The predicted octanol–water partition coefficient (Wildman–Crippen LogP) is 2.95. The Labute approximate surface area is 93.6 Å². The molecule has 0 radical (unpaired) electrons. The summed E-state index contributed by atoms with van der Waals surface area (Å²) in [4.78, 5) is 0. The summed E-state index contributed by atoms with van der Waals surface area (Å²) in [5.41, 5.74) is 5.87. The lowest BCUT2D eigenvalue weighted by Crippen LogP contribution is -1.91. The topological polar surface area (TPSA) is 65.2 Å². The standard InChI is InChI=1S/C11H6F2N2O2/c12-7-3-8(13)9(6-4-15-17-11(6)14)10-5(7)1-2-16-10/h1-4H,14H2. The first-order valence-corrected chi connectivity index (χ1v) is 4.74. The Kier molecular flexibility index (Phi) is 1.91. The van der Waals surface area contributed by atoms with Crippen LogP contribution in [0.1, 0.15) is 0 Å². The molecule has 0 aliphatic heterocycles. The van der Waals surface area contributed by atoms with E-state index in [9.17, 15) is 8.78 Å². The zero-order valence-corrected chi connectivity index (χ0v) is 8.41. The van der Waals surface area contributed by atoms with Crippen molar-refractivity contribution in [3.8, 4) is 11.1 Å². The first kappa shape index (κ1) is 9.83. The van der Waals surface area contributed by atoms with Crippen LogP contribution in [0.5, 0.6) is 0 Å². The van der Waals surface area contributed by atoms with Gasteiger partial charge in [0.15, 0.2) is 0 Å². The third kappa shape index (κ3) is 1.30. The van der Waals surface area contributed by atoms with Crippen molar-refractivity contribution in [3.63, 3.8) is 0 Å². The van der Waals surface area contributed by atoms with Crippen LogP contribution in [0.25, 0.3) is 22.1 Å². The Balaban J connectivity index is 2.44. The summed E-state index contributed by atoms with van der Waals surface area (Å²) in [6, 6.07) is 2.19. The van der Waals surface area contributed by atoms with Crippen LogP contribution in [0.15, 0.2) is 33.5 Å². The Hall–Kier alpha value is -2.37. The van der Waals surface area contributed by atoms with Crippen molar-refractivity contribution in [3.05, 3.63) is 36.2 Å². The highest BCUT2D eigenvalue weighted by molar-refractivity contribution is 5.95. The van der Waals surface area contributed by atoms with E-state index in [1.807, 2.05) is 0 Å². The van der Waals surface area contributed by atoms with Gasteiger partial charge in [-0.25, -0.2) is 8.78 Å². The molecule has 1 aromatic carbocycles.